The third-order valence-electron chi connectivity index (χ3n) is 4.44. The Balaban J connectivity index is 1.87. The van der Waals surface area contributed by atoms with Gasteiger partial charge in [0, 0.05) is 0 Å². The number of hydrogen-bond acceptors (Lipinski definition) is 3. The molecule has 1 saturated carbocycles. The molecule has 0 radical (unpaired) electrons. The summed E-state index contributed by atoms with van der Waals surface area (Å²) >= 11 is 11.6. The first-order chi connectivity index (χ1) is 12.4. The van der Waals surface area contributed by atoms with Crippen LogP contribution in [-0.4, -0.2) is 23.0 Å². The minimum absolute atomic E-state index is 0.0240. The normalized spacial score (nSPS) is 19.3. The number of carbonyl (C=O) groups excluding carboxylic acids is 1. The van der Waals surface area contributed by atoms with Crippen LogP contribution in [0.1, 0.15) is 35.2 Å². The van der Waals surface area contributed by atoms with Crippen molar-refractivity contribution in [1.29, 1.82) is 0 Å². The molecule has 1 aliphatic rings. The van der Waals surface area contributed by atoms with Crippen molar-refractivity contribution in [3.63, 3.8) is 0 Å². The quantitative estimate of drug-likeness (QED) is 0.570. The molecule has 0 aromatic heterocycles. The lowest BCUT2D eigenvalue weighted by atomic mass is 10.0. The Bertz CT molecular complexity index is 869. The molecule has 0 amide bonds. The van der Waals surface area contributed by atoms with Crippen molar-refractivity contribution in [2.45, 2.75) is 25.4 Å². The SMILES string of the molecule is O=C(c1ccccc1O[C@H]1CC[C@H](C(=O)O)C1)c1ccc(Cl)c(Cl)c1F. The maximum Gasteiger partial charge on any atom is 0.306 e. The number of halogens is 3. The van der Waals surface area contributed by atoms with Crippen LogP contribution in [0.25, 0.3) is 0 Å². The molecule has 0 bridgehead atoms. The number of carboxylic acids is 1. The number of para-hydroxylation sites is 1. The molecule has 2 aromatic carbocycles. The molecular weight excluding hydrogens is 382 g/mol. The van der Waals surface area contributed by atoms with Crippen molar-refractivity contribution >= 4 is 35.0 Å². The van der Waals surface area contributed by atoms with E-state index in [1.165, 1.54) is 18.2 Å². The van der Waals surface area contributed by atoms with E-state index in [-0.39, 0.29) is 27.3 Å². The summed E-state index contributed by atoms with van der Waals surface area (Å²) in [5.41, 5.74) is -0.0196. The van der Waals surface area contributed by atoms with Gasteiger partial charge in [0.15, 0.2) is 11.6 Å². The summed E-state index contributed by atoms with van der Waals surface area (Å²) in [6.07, 6.45) is 1.18. The van der Waals surface area contributed by atoms with Crippen LogP contribution in [0, 0.1) is 11.7 Å². The van der Waals surface area contributed by atoms with Crippen molar-refractivity contribution in [1.82, 2.24) is 0 Å². The van der Waals surface area contributed by atoms with Gasteiger partial charge in [0.1, 0.15) is 5.75 Å². The number of ketones is 1. The van der Waals surface area contributed by atoms with Gasteiger partial charge in [0.05, 0.1) is 33.2 Å². The minimum atomic E-state index is -0.884. The second-order valence-corrected chi connectivity index (χ2v) is 6.92. The van der Waals surface area contributed by atoms with Crippen LogP contribution in [-0.2, 0) is 4.79 Å². The highest BCUT2D eigenvalue weighted by Crippen LogP contribution is 2.33. The van der Waals surface area contributed by atoms with E-state index in [1.54, 1.807) is 18.2 Å². The number of aliphatic carboxylic acids is 1. The van der Waals surface area contributed by atoms with Crippen LogP contribution in [0.5, 0.6) is 5.75 Å². The highest BCUT2D eigenvalue weighted by atomic mass is 35.5. The van der Waals surface area contributed by atoms with E-state index in [0.29, 0.717) is 25.0 Å². The highest BCUT2D eigenvalue weighted by molar-refractivity contribution is 6.42. The van der Waals surface area contributed by atoms with Crippen molar-refractivity contribution < 1.29 is 23.8 Å². The van der Waals surface area contributed by atoms with Gasteiger partial charge in [-0.15, -0.1) is 0 Å². The maximum absolute atomic E-state index is 14.3. The maximum atomic E-state index is 14.3. The van der Waals surface area contributed by atoms with Crippen LogP contribution in [0.2, 0.25) is 10.0 Å². The minimum Gasteiger partial charge on any atom is -0.490 e. The van der Waals surface area contributed by atoms with Gasteiger partial charge >= 0.3 is 5.97 Å². The number of carbonyl (C=O) groups is 2. The van der Waals surface area contributed by atoms with Crippen molar-refractivity contribution in [2.24, 2.45) is 5.92 Å². The average molecular weight is 397 g/mol. The molecular formula is C19H15Cl2FO4. The average Bonchev–Trinajstić information content (AvgIpc) is 3.09. The van der Waals surface area contributed by atoms with Crippen molar-refractivity contribution in [2.75, 3.05) is 0 Å². The van der Waals surface area contributed by atoms with E-state index in [9.17, 15) is 14.0 Å². The van der Waals surface area contributed by atoms with Gasteiger partial charge in [-0.05, 0) is 43.5 Å². The van der Waals surface area contributed by atoms with Crippen LogP contribution in [0.4, 0.5) is 4.39 Å². The van der Waals surface area contributed by atoms with E-state index in [2.05, 4.69) is 0 Å². The lowest BCUT2D eigenvalue weighted by Crippen LogP contribution is -2.17. The van der Waals surface area contributed by atoms with Gasteiger partial charge in [0.25, 0.3) is 0 Å². The topological polar surface area (TPSA) is 63.6 Å². The molecule has 136 valence electrons. The molecule has 0 unspecified atom stereocenters. The van der Waals surface area contributed by atoms with E-state index >= 15 is 0 Å². The fourth-order valence-corrected chi connectivity index (χ4v) is 3.37. The van der Waals surface area contributed by atoms with Gasteiger partial charge in [-0.2, -0.15) is 0 Å². The predicted octanol–water partition coefficient (Wildman–Crippen LogP) is 5.00. The number of hydrogen-bond donors (Lipinski definition) is 1. The van der Waals surface area contributed by atoms with E-state index in [4.69, 9.17) is 33.0 Å². The summed E-state index contributed by atoms with van der Waals surface area (Å²) < 4.78 is 20.2. The largest absolute Gasteiger partial charge is 0.490 e. The van der Waals surface area contributed by atoms with Crippen LogP contribution >= 0.6 is 23.2 Å². The molecule has 0 saturated heterocycles. The second-order valence-electron chi connectivity index (χ2n) is 6.14. The fourth-order valence-electron chi connectivity index (χ4n) is 3.05. The zero-order valence-corrected chi connectivity index (χ0v) is 15.1. The van der Waals surface area contributed by atoms with Crippen molar-refractivity contribution in [3.05, 3.63) is 63.4 Å². The van der Waals surface area contributed by atoms with E-state index in [1.807, 2.05) is 0 Å². The Hall–Kier alpha value is -2.11. The number of ether oxygens (including phenoxy) is 1. The lowest BCUT2D eigenvalue weighted by molar-refractivity contribution is -0.141. The Kier molecular flexibility index (Phi) is 5.49. The summed E-state index contributed by atoms with van der Waals surface area (Å²) in [4.78, 5) is 23.9. The van der Waals surface area contributed by atoms with Gasteiger partial charge in [-0.1, -0.05) is 35.3 Å². The van der Waals surface area contributed by atoms with Crippen LogP contribution < -0.4 is 4.74 Å². The lowest BCUT2D eigenvalue weighted by Gasteiger charge is -2.16. The van der Waals surface area contributed by atoms with Crippen LogP contribution in [0.3, 0.4) is 0 Å². The summed E-state index contributed by atoms with van der Waals surface area (Å²) in [5, 5.41) is 8.81. The zero-order valence-electron chi connectivity index (χ0n) is 13.5. The molecule has 7 heteroatoms. The van der Waals surface area contributed by atoms with Gasteiger partial charge in [0.2, 0.25) is 0 Å². The molecule has 26 heavy (non-hydrogen) atoms. The third-order valence-corrected chi connectivity index (χ3v) is 5.22. The monoisotopic (exact) mass is 396 g/mol. The second kappa shape index (κ2) is 7.64. The molecule has 0 spiro atoms. The molecule has 0 heterocycles. The summed E-state index contributed by atoms with van der Waals surface area (Å²) in [5.74, 6) is -2.47. The van der Waals surface area contributed by atoms with E-state index in [0.717, 1.165) is 0 Å². The number of rotatable bonds is 5. The first kappa shape index (κ1) is 18.7. The summed E-state index contributed by atoms with van der Waals surface area (Å²) in [7, 11) is 0. The fraction of sp³-hybridized carbons (Fsp3) is 0.263. The van der Waals surface area contributed by atoms with Crippen LogP contribution in [0.15, 0.2) is 36.4 Å². The predicted molar refractivity (Wildman–Crippen MR) is 95.7 cm³/mol. The first-order valence-corrected chi connectivity index (χ1v) is 8.80. The Morgan fingerprint density at radius 1 is 1.08 bits per heavy atom. The van der Waals surface area contributed by atoms with Gasteiger partial charge in [-0.3, -0.25) is 9.59 Å². The van der Waals surface area contributed by atoms with Gasteiger partial charge < -0.3 is 9.84 Å². The molecule has 1 aliphatic carbocycles. The standard InChI is InChI=1S/C19H15Cl2FO4/c20-14-8-7-13(17(22)16(14)21)18(23)12-3-1-2-4-15(12)26-11-6-5-10(9-11)19(24)25/h1-4,7-8,10-11H,5-6,9H2,(H,24,25)/t10-,11-/m0/s1. The Labute approximate surface area is 159 Å². The molecule has 1 N–H and O–H groups in total. The number of benzene rings is 2. The molecule has 2 atom stereocenters. The van der Waals surface area contributed by atoms with Gasteiger partial charge in [-0.25, -0.2) is 4.39 Å². The summed E-state index contributed by atoms with van der Waals surface area (Å²) in [6.45, 7) is 0. The van der Waals surface area contributed by atoms with Crippen molar-refractivity contribution in [3.8, 4) is 5.75 Å². The van der Waals surface area contributed by atoms with E-state index < -0.39 is 23.5 Å². The molecule has 3 rings (SSSR count). The molecule has 4 nitrogen and oxygen atoms in total. The molecule has 0 aliphatic heterocycles. The Morgan fingerprint density at radius 2 is 1.81 bits per heavy atom. The highest BCUT2D eigenvalue weighted by Gasteiger charge is 2.32. The Morgan fingerprint density at radius 3 is 2.50 bits per heavy atom. The summed E-state index contributed by atoms with van der Waals surface area (Å²) in [6, 6.07) is 9.11. The first-order valence-electron chi connectivity index (χ1n) is 8.05. The third kappa shape index (κ3) is 3.69. The zero-order chi connectivity index (χ0) is 18.8. The molecule has 2 aromatic rings. The number of carboxylic acid groups (broad SMARTS) is 1. The smallest absolute Gasteiger partial charge is 0.306 e. The molecule has 1 fully saturated rings.